The van der Waals surface area contributed by atoms with Crippen molar-refractivity contribution < 1.29 is 8.91 Å². The van der Waals surface area contributed by atoms with Crippen LogP contribution >= 0.6 is 0 Å². The maximum Gasteiger partial charge on any atom is 0.230 e. The van der Waals surface area contributed by atoms with Gasteiger partial charge in [-0.25, -0.2) is 4.39 Å². The molecule has 21 heavy (non-hydrogen) atoms. The first-order valence-electron chi connectivity index (χ1n) is 6.80. The highest BCUT2D eigenvalue weighted by Crippen LogP contribution is 2.37. The van der Waals surface area contributed by atoms with Gasteiger partial charge in [0.2, 0.25) is 5.88 Å². The van der Waals surface area contributed by atoms with E-state index in [9.17, 15) is 4.39 Å². The summed E-state index contributed by atoms with van der Waals surface area (Å²) in [5, 5.41) is 3.99. The first kappa shape index (κ1) is 13.4. The van der Waals surface area contributed by atoms with E-state index in [-0.39, 0.29) is 11.7 Å². The number of halogens is 1. The molecule has 2 N–H and O–H groups in total. The molecular weight excluding hydrogens is 267 g/mol. The van der Waals surface area contributed by atoms with Crippen LogP contribution < -0.4 is 5.73 Å². The van der Waals surface area contributed by atoms with Crippen LogP contribution in [0.4, 0.5) is 10.3 Å². The summed E-state index contributed by atoms with van der Waals surface area (Å²) < 4.78 is 19.1. The van der Waals surface area contributed by atoms with Gasteiger partial charge in [0.25, 0.3) is 0 Å². The van der Waals surface area contributed by atoms with E-state index in [4.69, 9.17) is 10.3 Å². The lowest BCUT2D eigenvalue weighted by atomic mass is 9.99. The molecular formula is C17H15FN2O. The third-order valence-corrected chi connectivity index (χ3v) is 3.50. The van der Waals surface area contributed by atoms with Crippen LogP contribution in [0, 0.1) is 5.82 Å². The molecule has 0 saturated heterocycles. The number of hydrogen-bond donors (Lipinski definition) is 1. The average molecular weight is 282 g/mol. The molecule has 4 heteroatoms. The van der Waals surface area contributed by atoms with Gasteiger partial charge in [0.15, 0.2) is 0 Å². The minimum absolute atomic E-state index is 0.120. The number of aromatic nitrogens is 1. The fourth-order valence-corrected chi connectivity index (χ4v) is 2.32. The molecule has 0 unspecified atom stereocenters. The lowest BCUT2D eigenvalue weighted by Crippen LogP contribution is -1.91. The number of benzene rings is 2. The second-order valence-corrected chi connectivity index (χ2v) is 4.80. The maximum atomic E-state index is 14.0. The molecule has 0 atom stereocenters. The third kappa shape index (κ3) is 2.40. The zero-order valence-corrected chi connectivity index (χ0v) is 11.6. The molecule has 1 heterocycles. The van der Waals surface area contributed by atoms with Crippen LogP contribution in [0.1, 0.15) is 12.5 Å². The molecule has 0 aliphatic heterocycles. The summed E-state index contributed by atoms with van der Waals surface area (Å²) in [6.45, 7) is 2.09. The first-order chi connectivity index (χ1) is 10.2. The van der Waals surface area contributed by atoms with Crippen LogP contribution in [0.15, 0.2) is 53.1 Å². The van der Waals surface area contributed by atoms with Crippen LogP contribution in [0.2, 0.25) is 0 Å². The van der Waals surface area contributed by atoms with E-state index in [1.54, 1.807) is 18.2 Å². The fourth-order valence-electron chi connectivity index (χ4n) is 2.32. The second-order valence-electron chi connectivity index (χ2n) is 4.80. The van der Waals surface area contributed by atoms with Crippen LogP contribution in [0.5, 0.6) is 0 Å². The van der Waals surface area contributed by atoms with Gasteiger partial charge >= 0.3 is 0 Å². The van der Waals surface area contributed by atoms with E-state index in [2.05, 4.69) is 12.1 Å². The van der Waals surface area contributed by atoms with E-state index in [1.165, 1.54) is 11.6 Å². The predicted molar refractivity (Wildman–Crippen MR) is 81.1 cm³/mol. The minimum atomic E-state index is -0.348. The van der Waals surface area contributed by atoms with Crippen molar-refractivity contribution in [1.29, 1.82) is 0 Å². The standard InChI is InChI=1S/C17H15FN2O/c1-2-11-7-9-12(10-8-11)16-15(17(19)21-20-16)13-5-3-4-6-14(13)18/h3-10H,2,19H2,1H3. The molecule has 3 rings (SSSR count). The predicted octanol–water partition coefficient (Wildman–Crippen LogP) is 4.29. The monoisotopic (exact) mass is 282 g/mol. The van der Waals surface area contributed by atoms with E-state index < -0.39 is 0 Å². The lowest BCUT2D eigenvalue weighted by molar-refractivity contribution is 0.439. The molecule has 0 saturated carbocycles. The van der Waals surface area contributed by atoms with Crippen molar-refractivity contribution in [2.45, 2.75) is 13.3 Å². The molecule has 0 amide bonds. The second kappa shape index (κ2) is 5.40. The lowest BCUT2D eigenvalue weighted by Gasteiger charge is -2.05. The molecule has 0 bridgehead atoms. The van der Waals surface area contributed by atoms with E-state index in [1.807, 2.05) is 24.3 Å². The topological polar surface area (TPSA) is 52.0 Å². The Morgan fingerprint density at radius 3 is 2.48 bits per heavy atom. The molecule has 1 aromatic heterocycles. The molecule has 106 valence electrons. The fraction of sp³-hybridized carbons (Fsp3) is 0.118. The molecule has 2 aromatic carbocycles. The Labute approximate surface area is 122 Å². The molecule has 0 aliphatic rings. The number of nitrogen functional groups attached to an aromatic ring is 1. The molecule has 3 aromatic rings. The summed E-state index contributed by atoms with van der Waals surface area (Å²) in [5.41, 5.74) is 9.36. The third-order valence-electron chi connectivity index (χ3n) is 3.50. The number of nitrogens with two attached hydrogens (primary N) is 1. The highest BCUT2D eigenvalue weighted by molar-refractivity contribution is 5.87. The van der Waals surface area contributed by atoms with Gasteiger partial charge in [-0.1, -0.05) is 54.5 Å². The summed E-state index contributed by atoms with van der Waals surface area (Å²) in [6, 6.07) is 14.4. The van der Waals surface area contributed by atoms with Crippen molar-refractivity contribution in [2.24, 2.45) is 0 Å². The number of hydrogen-bond acceptors (Lipinski definition) is 3. The van der Waals surface area contributed by atoms with E-state index >= 15 is 0 Å². The molecule has 0 aliphatic carbocycles. The van der Waals surface area contributed by atoms with Crippen LogP contribution in [0.25, 0.3) is 22.4 Å². The van der Waals surface area contributed by atoms with Gasteiger partial charge in [-0.05, 0) is 18.1 Å². The van der Waals surface area contributed by atoms with Crippen molar-refractivity contribution in [2.75, 3.05) is 5.73 Å². The van der Waals surface area contributed by atoms with Gasteiger partial charge < -0.3 is 10.3 Å². The van der Waals surface area contributed by atoms with Crippen molar-refractivity contribution in [3.8, 4) is 22.4 Å². The highest BCUT2D eigenvalue weighted by Gasteiger charge is 2.19. The Hall–Kier alpha value is -2.62. The summed E-state index contributed by atoms with van der Waals surface area (Å²) in [6.07, 6.45) is 0.960. The van der Waals surface area contributed by atoms with E-state index in [0.717, 1.165) is 12.0 Å². The van der Waals surface area contributed by atoms with Gasteiger partial charge in [0.05, 0.1) is 5.56 Å². The molecule has 0 fully saturated rings. The summed E-state index contributed by atoms with van der Waals surface area (Å²) in [5.74, 6) is -0.228. The highest BCUT2D eigenvalue weighted by atomic mass is 19.1. The Bertz CT molecular complexity index is 763. The van der Waals surface area contributed by atoms with Crippen LogP contribution in [0.3, 0.4) is 0 Å². The van der Waals surface area contributed by atoms with Crippen molar-refractivity contribution >= 4 is 5.88 Å². The van der Waals surface area contributed by atoms with Gasteiger partial charge in [-0.2, -0.15) is 0 Å². The largest absolute Gasteiger partial charge is 0.367 e. The van der Waals surface area contributed by atoms with Crippen molar-refractivity contribution in [3.05, 3.63) is 59.9 Å². The number of aryl methyl sites for hydroxylation is 1. The van der Waals surface area contributed by atoms with Crippen molar-refractivity contribution in [1.82, 2.24) is 5.16 Å². The quantitative estimate of drug-likeness (QED) is 0.779. The van der Waals surface area contributed by atoms with E-state index in [0.29, 0.717) is 16.8 Å². The van der Waals surface area contributed by atoms with Gasteiger partial charge in [0.1, 0.15) is 11.5 Å². The van der Waals surface area contributed by atoms with Gasteiger partial charge in [-0.15, -0.1) is 0 Å². The molecule has 0 spiro atoms. The van der Waals surface area contributed by atoms with Crippen molar-refractivity contribution in [3.63, 3.8) is 0 Å². The Morgan fingerprint density at radius 1 is 1.10 bits per heavy atom. The smallest absolute Gasteiger partial charge is 0.230 e. The molecule has 0 radical (unpaired) electrons. The Kier molecular flexibility index (Phi) is 3.44. The van der Waals surface area contributed by atoms with Gasteiger partial charge in [0, 0.05) is 11.1 Å². The SMILES string of the molecule is CCc1ccc(-c2noc(N)c2-c2ccccc2F)cc1. The summed E-state index contributed by atoms with van der Waals surface area (Å²) in [4.78, 5) is 0. The molecule has 3 nitrogen and oxygen atoms in total. The number of anilines is 1. The minimum Gasteiger partial charge on any atom is -0.367 e. The Balaban J connectivity index is 2.15. The summed E-state index contributed by atoms with van der Waals surface area (Å²) >= 11 is 0. The normalized spacial score (nSPS) is 10.8. The number of nitrogens with zero attached hydrogens (tertiary/aromatic N) is 1. The van der Waals surface area contributed by atoms with Gasteiger partial charge in [-0.3, -0.25) is 0 Å². The maximum absolute atomic E-state index is 14.0. The zero-order valence-electron chi connectivity index (χ0n) is 11.6. The van der Waals surface area contributed by atoms with Crippen LogP contribution in [-0.2, 0) is 6.42 Å². The van der Waals surface area contributed by atoms with Crippen LogP contribution in [-0.4, -0.2) is 5.16 Å². The number of rotatable bonds is 3. The Morgan fingerprint density at radius 2 is 1.81 bits per heavy atom. The average Bonchev–Trinajstić information content (AvgIpc) is 2.89. The zero-order chi connectivity index (χ0) is 14.8. The summed E-state index contributed by atoms with van der Waals surface area (Å²) in [7, 11) is 0. The first-order valence-corrected chi connectivity index (χ1v) is 6.80.